The molecule has 0 amide bonds. The first-order valence-electron chi connectivity index (χ1n) is 5.53. The molecule has 0 bridgehead atoms. The van der Waals surface area contributed by atoms with Gasteiger partial charge in [0.2, 0.25) is 5.75 Å². The number of para-hydroxylation sites is 1. The molecule has 0 unspecified atom stereocenters. The van der Waals surface area contributed by atoms with E-state index in [1.807, 2.05) is 0 Å². The minimum Gasteiger partial charge on any atom is -0.480 e. The second-order valence-corrected chi connectivity index (χ2v) is 3.85. The van der Waals surface area contributed by atoms with Crippen LogP contribution in [0.2, 0.25) is 0 Å². The fraction of sp³-hybridized carbons (Fsp3) is 0.273. The molecule has 7 nitrogen and oxygen atoms in total. The molecule has 1 aromatic carbocycles. The zero-order valence-electron chi connectivity index (χ0n) is 10.4. The maximum Gasteiger partial charge on any atom is 0.311 e. The summed E-state index contributed by atoms with van der Waals surface area (Å²) >= 11 is 0. The second kappa shape index (κ2) is 5.59. The van der Waals surface area contributed by atoms with Gasteiger partial charge in [-0.25, -0.2) is 13.8 Å². The Hall–Kier alpha value is -2.58. The lowest BCUT2D eigenvalue weighted by atomic mass is 10.1. The predicted molar refractivity (Wildman–Crippen MR) is 64.6 cm³/mol. The first-order valence-corrected chi connectivity index (χ1v) is 5.53. The van der Waals surface area contributed by atoms with Crippen LogP contribution in [0.3, 0.4) is 0 Å². The van der Waals surface area contributed by atoms with Crippen LogP contribution < -0.4 is 4.74 Å². The van der Waals surface area contributed by atoms with Crippen LogP contribution >= 0.6 is 0 Å². The van der Waals surface area contributed by atoms with Crippen LogP contribution in [0.15, 0.2) is 24.5 Å². The minimum absolute atomic E-state index is 0.167. The lowest BCUT2D eigenvalue weighted by Gasteiger charge is -2.09. The van der Waals surface area contributed by atoms with E-state index in [1.165, 1.54) is 29.2 Å². The van der Waals surface area contributed by atoms with Crippen molar-refractivity contribution in [3.05, 3.63) is 34.6 Å². The molecule has 1 heterocycles. The summed E-state index contributed by atoms with van der Waals surface area (Å²) in [5.74, 6) is -0.0931. The van der Waals surface area contributed by atoms with E-state index < -0.39 is 23.6 Å². The largest absolute Gasteiger partial charge is 0.480 e. The molecule has 106 valence electrons. The van der Waals surface area contributed by atoms with Crippen molar-refractivity contribution in [2.24, 2.45) is 7.05 Å². The fourth-order valence-corrected chi connectivity index (χ4v) is 1.61. The Kier molecular flexibility index (Phi) is 3.87. The standard InChI is InChI=1S/C11H10F2N4O3/c1-16-6-14-11(15-16)7-3-2-4-8(17(18)19)10(7)20-5-9(12)13/h2-4,6,9H,5H2,1H3. The maximum absolute atomic E-state index is 12.3. The van der Waals surface area contributed by atoms with Crippen LogP contribution in [0, 0.1) is 10.1 Å². The van der Waals surface area contributed by atoms with Crippen molar-refractivity contribution in [3.8, 4) is 17.1 Å². The Morgan fingerprint density at radius 3 is 2.80 bits per heavy atom. The number of nitro benzene ring substituents is 1. The molecule has 0 N–H and O–H groups in total. The first-order chi connectivity index (χ1) is 9.49. The molecular weight excluding hydrogens is 274 g/mol. The lowest BCUT2D eigenvalue weighted by Crippen LogP contribution is -2.09. The van der Waals surface area contributed by atoms with Crippen molar-refractivity contribution >= 4 is 5.69 Å². The summed E-state index contributed by atoms with van der Waals surface area (Å²) in [6.07, 6.45) is -1.34. The topological polar surface area (TPSA) is 83.1 Å². The number of aromatic nitrogens is 3. The molecule has 1 aromatic heterocycles. The summed E-state index contributed by atoms with van der Waals surface area (Å²) in [5.41, 5.74) is -0.212. The highest BCUT2D eigenvalue weighted by Gasteiger charge is 2.23. The molecule has 0 aliphatic rings. The Morgan fingerprint density at radius 1 is 1.50 bits per heavy atom. The average Bonchev–Trinajstić information content (AvgIpc) is 2.82. The quantitative estimate of drug-likeness (QED) is 0.619. The third kappa shape index (κ3) is 2.87. The van der Waals surface area contributed by atoms with E-state index >= 15 is 0 Å². The monoisotopic (exact) mass is 284 g/mol. The summed E-state index contributed by atoms with van der Waals surface area (Å²) in [6.45, 7) is -0.940. The van der Waals surface area contributed by atoms with E-state index in [4.69, 9.17) is 4.74 Å². The van der Waals surface area contributed by atoms with Gasteiger partial charge in [0.1, 0.15) is 12.9 Å². The first kappa shape index (κ1) is 13.8. The number of ether oxygens (including phenoxy) is 1. The van der Waals surface area contributed by atoms with E-state index in [9.17, 15) is 18.9 Å². The number of nitro groups is 1. The maximum atomic E-state index is 12.3. The highest BCUT2D eigenvalue weighted by molar-refractivity contribution is 5.70. The Balaban J connectivity index is 2.49. The van der Waals surface area contributed by atoms with Gasteiger partial charge in [0.05, 0.1) is 10.5 Å². The van der Waals surface area contributed by atoms with E-state index in [0.29, 0.717) is 0 Å². The van der Waals surface area contributed by atoms with Crippen LogP contribution in [0.1, 0.15) is 0 Å². The zero-order valence-corrected chi connectivity index (χ0v) is 10.4. The van der Waals surface area contributed by atoms with Gasteiger partial charge in [0, 0.05) is 13.1 Å². The van der Waals surface area contributed by atoms with Crippen LogP contribution in [-0.2, 0) is 7.05 Å². The van der Waals surface area contributed by atoms with Crippen molar-refractivity contribution < 1.29 is 18.4 Å². The van der Waals surface area contributed by atoms with Gasteiger partial charge < -0.3 is 4.74 Å². The van der Waals surface area contributed by atoms with Gasteiger partial charge in [-0.05, 0) is 6.07 Å². The molecule has 0 radical (unpaired) electrons. The van der Waals surface area contributed by atoms with Gasteiger partial charge in [-0.1, -0.05) is 6.07 Å². The number of alkyl halides is 2. The Labute approximate surface area is 112 Å². The molecular formula is C11H10F2N4O3. The smallest absolute Gasteiger partial charge is 0.311 e. The van der Waals surface area contributed by atoms with E-state index in [0.717, 1.165) is 0 Å². The number of hydrogen-bond donors (Lipinski definition) is 0. The summed E-state index contributed by atoms with van der Waals surface area (Å²) in [6, 6.07) is 4.06. The summed E-state index contributed by atoms with van der Waals surface area (Å²) in [7, 11) is 1.62. The van der Waals surface area contributed by atoms with Crippen LogP contribution in [0.4, 0.5) is 14.5 Å². The second-order valence-electron chi connectivity index (χ2n) is 3.85. The van der Waals surface area contributed by atoms with Gasteiger partial charge in [-0.15, -0.1) is 0 Å². The molecule has 2 rings (SSSR count). The fourth-order valence-electron chi connectivity index (χ4n) is 1.61. The zero-order chi connectivity index (χ0) is 14.7. The number of halogens is 2. The molecule has 0 saturated carbocycles. The molecule has 0 aliphatic carbocycles. The molecule has 0 spiro atoms. The van der Waals surface area contributed by atoms with Crippen molar-refractivity contribution in [2.45, 2.75) is 6.43 Å². The van der Waals surface area contributed by atoms with Gasteiger partial charge in [-0.2, -0.15) is 5.10 Å². The molecule has 9 heteroatoms. The van der Waals surface area contributed by atoms with Gasteiger partial charge in [0.25, 0.3) is 6.43 Å². The molecule has 0 fully saturated rings. The normalized spacial score (nSPS) is 10.8. The third-order valence-corrected chi connectivity index (χ3v) is 2.39. The molecule has 20 heavy (non-hydrogen) atoms. The van der Waals surface area contributed by atoms with Gasteiger partial charge >= 0.3 is 5.69 Å². The van der Waals surface area contributed by atoms with Crippen molar-refractivity contribution in [3.63, 3.8) is 0 Å². The molecule has 0 aliphatic heterocycles. The summed E-state index contributed by atoms with van der Waals surface area (Å²) in [4.78, 5) is 14.2. The van der Waals surface area contributed by atoms with E-state index in [1.54, 1.807) is 7.05 Å². The number of nitrogens with zero attached hydrogens (tertiary/aromatic N) is 4. The highest BCUT2D eigenvalue weighted by Crippen LogP contribution is 2.36. The molecule has 0 atom stereocenters. The van der Waals surface area contributed by atoms with Crippen LogP contribution in [-0.4, -0.2) is 32.7 Å². The Morgan fingerprint density at radius 2 is 2.25 bits per heavy atom. The number of benzene rings is 1. The number of aryl methyl sites for hydroxylation is 1. The molecule has 2 aromatic rings. The number of rotatable bonds is 5. The van der Waals surface area contributed by atoms with Crippen molar-refractivity contribution in [1.82, 2.24) is 14.8 Å². The van der Waals surface area contributed by atoms with Crippen LogP contribution in [0.5, 0.6) is 5.75 Å². The number of hydrogen-bond acceptors (Lipinski definition) is 5. The Bertz CT molecular complexity index is 630. The van der Waals surface area contributed by atoms with Gasteiger partial charge in [0.15, 0.2) is 5.82 Å². The van der Waals surface area contributed by atoms with Crippen molar-refractivity contribution in [2.75, 3.05) is 6.61 Å². The SMILES string of the molecule is Cn1cnc(-c2cccc([N+](=O)[O-])c2OCC(F)F)n1. The van der Waals surface area contributed by atoms with Crippen molar-refractivity contribution in [1.29, 1.82) is 0 Å². The highest BCUT2D eigenvalue weighted by atomic mass is 19.3. The van der Waals surface area contributed by atoms with E-state index in [2.05, 4.69) is 10.1 Å². The van der Waals surface area contributed by atoms with Gasteiger partial charge in [-0.3, -0.25) is 14.8 Å². The minimum atomic E-state index is -2.74. The average molecular weight is 284 g/mol. The summed E-state index contributed by atoms with van der Waals surface area (Å²) in [5, 5.41) is 14.9. The summed E-state index contributed by atoms with van der Waals surface area (Å²) < 4.78 is 30.8. The predicted octanol–water partition coefficient (Wildman–Crippen LogP) is 2.03. The van der Waals surface area contributed by atoms with Crippen LogP contribution in [0.25, 0.3) is 11.4 Å². The van der Waals surface area contributed by atoms with E-state index in [-0.39, 0.29) is 17.1 Å². The lowest BCUT2D eigenvalue weighted by molar-refractivity contribution is -0.385. The molecule has 0 saturated heterocycles. The third-order valence-electron chi connectivity index (χ3n) is 2.39.